The summed E-state index contributed by atoms with van der Waals surface area (Å²) in [5.41, 5.74) is 1.53. The summed E-state index contributed by atoms with van der Waals surface area (Å²) in [6.45, 7) is 7.84. The highest BCUT2D eigenvalue weighted by Gasteiger charge is 2.41. The summed E-state index contributed by atoms with van der Waals surface area (Å²) in [5.74, 6) is 0. The second kappa shape index (κ2) is 8.57. The highest BCUT2D eigenvalue weighted by Crippen LogP contribution is 2.34. The lowest BCUT2D eigenvalue weighted by Crippen LogP contribution is -2.26. The molecule has 11 heteroatoms. The molecule has 0 amide bonds. The Labute approximate surface area is 173 Å². The van der Waals surface area contributed by atoms with Crippen LogP contribution in [-0.2, 0) is 11.5 Å². The molecule has 0 N–H and O–H groups in total. The predicted molar refractivity (Wildman–Crippen MR) is 108 cm³/mol. The fourth-order valence-electron chi connectivity index (χ4n) is 2.96. The summed E-state index contributed by atoms with van der Waals surface area (Å²) >= 11 is 0. The first-order chi connectivity index (χ1) is 14.1. The minimum Gasteiger partial charge on any atom is -0.361 e. The van der Waals surface area contributed by atoms with E-state index in [4.69, 9.17) is 10.00 Å². The first-order valence-electron chi connectivity index (χ1n) is 9.46. The van der Waals surface area contributed by atoms with Gasteiger partial charge in [0.05, 0.1) is 24.4 Å². The first-order valence-corrected chi connectivity index (χ1v) is 13.2. The van der Waals surface area contributed by atoms with Gasteiger partial charge in [-0.1, -0.05) is 19.6 Å². The van der Waals surface area contributed by atoms with Crippen molar-refractivity contribution in [2.75, 3.05) is 6.61 Å². The van der Waals surface area contributed by atoms with Crippen molar-refractivity contribution in [3.63, 3.8) is 0 Å². The van der Waals surface area contributed by atoms with Gasteiger partial charge in [-0.3, -0.25) is 4.68 Å². The Morgan fingerprint density at radius 3 is 2.70 bits per heavy atom. The highest BCUT2D eigenvalue weighted by atomic mass is 28.3. The van der Waals surface area contributed by atoms with Crippen molar-refractivity contribution in [2.45, 2.75) is 51.1 Å². The van der Waals surface area contributed by atoms with E-state index in [-0.39, 0.29) is 0 Å². The molecular formula is C19H23F3N6OSi. The Morgan fingerprint density at radius 2 is 2.03 bits per heavy atom. The van der Waals surface area contributed by atoms with Gasteiger partial charge in [0.2, 0.25) is 0 Å². The quantitative estimate of drug-likeness (QED) is 0.380. The Balaban J connectivity index is 1.84. The molecule has 0 aliphatic heterocycles. The van der Waals surface area contributed by atoms with Crippen LogP contribution in [0.4, 0.5) is 13.2 Å². The van der Waals surface area contributed by atoms with Gasteiger partial charge in [0.1, 0.15) is 18.7 Å². The monoisotopic (exact) mass is 436 g/mol. The van der Waals surface area contributed by atoms with Crippen LogP contribution in [0, 0.1) is 11.3 Å². The van der Waals surface area contributed by atoms with Crippen molar-refractivity contribution in [1.29, 1.82) is 5.26 Å². The molecule has 30 heavy (non-hydrogen) atoms. The van der Waals surface area contributed by atoms with Crippen LogP contribution in [0.15, 0.2) is 31.0 Å². The molecule has 1 atom stereocenters. The van der Waals surface area contributed by atoms with Crippen LogP contribution < -0.4 is 0 Å². The maximum absolute atomic E-state index is 13.2. The molecule has 0 aliphatic carbocycles. The van der Waals surface area contributed by atoms with Crippen molar-refractivity contribution in [3.05, 3.63) is 31.0 Å². The van der Waals surface area contributed by atoms with Crippen LogP contribution in [-0.4, -0.2) is 45.2 Å². The van der Waals surface area contributed by atoms with E-state index in [9.17, 15) is 13.2 Å². The standard InChI is InChI=1S/C19H23F3N6OSi/c1-30(2,3)9-8-29-13-27-7-5-15-17(24-12-25-18(15)27)14-10-26-28(11-14)16(4-6-23)19(20,21)22/h5,7,10-12,16H,4,8-9,13H2,1-3H3. The Hall–Kier alpha value is -2.71. The fraction of sp³-hybridized carbons (Fsp3) is 0.474. The first kappa shape index (κ1) is 22.0. The summed E-state index contributed by atoms with van der Waals surface area (Å²) < 4.78 is 48.1. The number of rotatable bonds is 8. The van der Waals surface area contributed by atoms with Gasteiger partial charge in [-0.05, 0) is 12.1 Å². The normalized spacial score (nSPS) is 13.5. The molecule has 0 fully saturated rings. The van der Waals surface area contributed by atoms with Gasteiger partial charge < -0.3 is 9.30 Å². The third-order valence-electron chi connectivity index (χ3n) is 4.64. The van der Waals surface area contributed by atoms with Crippen molar-refractivity contribution in [3.8, 4) is 17.3 Å². The van der Waals surface area contributed by atoms with Crippen LogP contribution in [0.2, 0.25) is 25.7 Å². The van der Waals surface area contributed by atoms with Gasteiger partial charge in [-0.15, -0.1) is 0 Å². The van der Waals surface area contributed by atoms with Crippen molar-refractivity contribution < 1.29 is 17.9 Å². The number of aromatic nitrogens is 5. The van der Waals surface area contributed by atoms with Crippen LogP contribution in [0.25, 0.3) is 22.3 Å². The van der Waals surface area contributed by atoms with Gasteiger partial charge in [-0.2, -0.15) is 23.5 Å². The average molecular weight is 437 g/mol. The van der Waals surface area contributed by atoms with E-state index in [0.29, 0.717) is 35.6 Å². The molecule has 0 aromatic carbocycles. The molecule has 3 heterocycles. The lowest BCUT2D eigenvalue weighted by molar-refractivity contribution is -0.169. The molecule has 3 aromatic rings. The lowest BCUT2D eigenvalue weighted by atomic mass is 10.2. The van der Waals surface area contributed by atoms with Crippen molar-refractivity contribution in [2.24, 2.45) is 0 Å². The number of hydrogen-bond donors (Lipinski definition) is 0. The van der Waals surface area contributed by atoms with Gasteiger partial charge in [0.25, 0.3) is 0 Å². The molecule has 7 nitrogen and oxygen atoms in total. The number of nitrogens with zero attached hydrogens (tertiary/aromatic N) is 6. The maximum atomic E-state index is 13.2. The third-order valence-corrected chi connectivity index (χ3v) is 6.34. The van der Waals surface area contributed by atoms with E-state index in [1.54, 1.807) is 12.1 Å². The van der Waals surface area contributed by atoms with E-state index in [1.807, 2.05) is 10.8 Å². The van der Waals surface area contributed by atoms with Gasteiger partial charge in [0.15, 0.2) is 6.04 Å². The Morgan fingerprint density at radius 1 is 1.27 bits per heavy atom. The van der Waals surface area contributed by atoms with Crippen LogP contribution in [0.3, 0.4) is 0 Å². The second-order valence-corrected chi connectivity index (χ2v) is 13.8. The van der Waals surface area contributed by atoms with Gasteiger partial charge in [-0.25, -0.2) is 9.97 Å². The van der Waals surface area contributed by atoms with Crippen LogP contribution in [0.5, 0.6) is 0 Å². The number of fused-ring (bicyclic) bond motifs is 1. The maximum Gasteiger partial charge on any atom is 0.411 e. The summed E-state index contributed by atoms with van der Waals surface area (Å²) in [6, 6.07) is 2.42. The summed E-state index contributed by atoms with van der Waals surface area (Å²) in [6.07, 6.45) is 0.477. The predicted octanol–water partition coefficient (Wildman–Crippen LogP) is 4.62. The van der Waals surface area contributed by atoms with Gasteiger partial charge in [0, 0.05) is 38.0 Å². The summed E-state index contributed by atoms with van der Waals surface area (Å²) in [4.78, 5) is 8.54. The van der Waals surface area contributed by atoms with E-state index in [2.05, 4.69) is 34.7 Å². The number of halogens is 3. The molecule has 0 aliphatic rings. The zero-order chi connectivity index (χ0) is 21.9. The molecule has 3 rings (SSSR count). The molecule has 160 valence electrons. The van der Waals surface area contributed by atoms with Crippen LogP contribution in [0.1, 0.15) is 12.5 Å². The summed E-state index contributed by atoms with van der Waals surface area (Å²) in [7, 11) is -1.18. The SMILES string of the molecule is C[Si](C)(C)CCOCn1ccc2c(-c3cnn(C(CC#N)C(F)(F)F)c3)ncnc21. The molecule has 0 radical (unpaired) electrons. The van der Waals surface area contributed by atoms with E-state index in [0.717, 1.165) is 10.7 Å². The fourth-order valence-corrected chi connectivity index (χ4v) is 3.71. The van der Waals surface area contributed by atoms with E-state index in [1.165, 1.54) is 18.7 Å². The van der Waals surface area contributed by atoms with Crippen molar-refractivity contribution >= 4 is 19.1 Å². The number of alkyl halides is 3. The Bertz CT molecular complexity index is 1050. The largest absolute Gasteiger partial charge is 0.411 e. The zero-order valence-electron chi connectivity index (χ0n) is 17.0. The molecule has 0 saturated carbocycles. The minimum atomic E-state index is -4.57. The smallest absolute Gasteiger partial charge is 0.361 e. The zero-order valence-corrected chi connectivity index (χ0v) is 18.0. The highest BCUT2D eigenvalue weighted by molar-refractivity contribution is 6.76. The lowest BCUT2D eigenvalue weighted by Gasteiger charge is -2.17. The van der Waals surface area contributed by atoms with E-state index >= 15 is 0 Å². The molecule has 0 saturated heterocycles. The van der Waals surface area contributed by atoms with Crippen molar-refractivity contribution in [1.82, 2.24) is 24.3 Å². The van der Waals surface area contributed by atoms with E-state index < -0.39 is 26.7 Å². The number of ether oxygens (including phenoxy) is 1. The third kappa shape index (κ3) is 5.06. The molecular weight excluding hydrogens is 413 g/mol. The topological polar surface area (TPSA) is 81.5 Å². The minimum absolute atomic E-state index is 0.335. The Kier molecular flexibility index (Phi) is 6.28. The number of hydrogen-bond acceptors (Lipinski definition) is 5. The second-order valence-electron chi connectivity index (χ2n) is 8.22. The molecule has 3 aromatic heterocycles. The van der Waals surface area contributed by atoms with Crippen LogP contribution >= 0.6 is 0 Å². The number of nitriles is 1. The summed E-state index contributed by atoms with van der Waals surface area (Å²) in [5, 5.41) is 13.3. The molecule has 0 spiro atoms. The molecule has 1 unspecified atom stereocenters. The average Bonchev–Trinajstić information content (AvgIpc) is 3.28. The van der Waals surface area contributed by atoms with Gasteiger partial charge >= 0.3 is 6.18 Å². The molecule has 0 bridgehead atoms.